The molecule has 0 radical (unpaired) electrons. The van der Waals surface area contributed by atoms with Crippen LogP contribution in [0.3, 0.4) is 0 Å². The van der Waals surface area contributed by atoms with E-state index >= 15 is 0 Å². The molecule has 0 fully saturated rings. The van der Waals surface area contributed by atoms with Crippen LogP contribution < -0.4 is 0 Å². The van der Waals surface area contributed by atoms with Crippen molar-refractivity contribution >= 4 is 41.5 Å². The molecule has 0 amide bonds. The van der Waals surface area contributed by atoms with E-state index in [1.165, 1.54) is 42.7 Å². The van der Waals surface area contributed by atoms with E-state index < -0.39 is 64.4 Å². The quantitative estimate of drug-likeness (QED) is 0.124. The molecule has 13 nitrogen and oxygen atoms in total. The van der Waals surface area contributed by atoms with Gasteiger partial charge >= 0.3 is 41.5 Å². The molecular formula is C22H42O13Si2. The molecule has 0 aromatic heterocycles. The summed E-state index contributed by atoms with van der Waals surface area (Å²) in [4.78, 5) is 49.4. The monoisotopic (exact) mass is 570 g/mol. The minimum atomic E-state index is -3.46. The van der Waals surface area contributed by atoms with Gasteiger partial charge in [-0.1, -0.05) is 13.8 Å². The predicted molar refractivity (Wildman–Crippen MR) is 133 cm³/mol. The van der Waals surface area contributed by atoms with E-state index in [0.29, 0.717) is 12.8 Å². The van der Waals surface area contributed by atoms with Crippen LogP contribution in [0.5, 0.6) is 0 Å². The number of carbonyl (C=O) groups excluding carboxylic acids is 2. The van der Waals surface area contributed by atoms with Crippen LogP contribution in [0.15, 0.2) is 0 Å². The molecule has 0 saturated carbocycles. The molecule has 15 heteroatoms. The minimum Gasteiger partial charge on any atom is -0.481 e. The largest absolute Gasteiger partial charge is 0.504 e. The van der Waals surface area contributed by atoms with Crippen LogP contribution in [0.1, 0.15) is 52.4 Å². The fourth-order valence-corrected chi connectivity index (χ4v) is 10.2. The number of rotatable bonds is 20. The summed E-state index contributed by atoms with van der Waals surface area (Å²) in [5.41, 5.74) is -1.42. The molecule has 0 rings (SSSR count). The molecule has 0 bridgehead atoms. The lowest BCUT2D eigenvalue weighted by molar-refractivity contribution is -0.167. The van der Waals surface area contributed by atoms with Crippen molar-refractivity contribution in [3.05, 3.63) is 0 Å². The molecule has 0 aliphatic heterocycles. The number of carboxylic acid groups (broad SMARTS) is 2. The third-order valence-electron chi connectivity index (χ3n) is 6.61. The summed E-state index contributed by atoms with van der Waals surface area (Å²) in [6, 6.07) is 0. The fourth-order valence-electron chi connectivity index (χ4n) is 4.75. The van der Waals surface area contributed by atoms with Gasteiger partial charge in [0.05, 0.1) is 11.8 Å². The highest BCUT2D eigenvalue weighted by Gasteiger charge is 2.55. The molecule has 0 aliphatic rings. The first-order valence-electron chi connectivity index (χ1n) is 11.9. The molecule has 0 spiro atoms. The molecular weight excluding hydrogens is 528 g/mol. The Morgan fingerprint density at radius 1 is 0.595 bits per heavy atom. The third-order valence-corrected chi connectivity index (χ3v) is 13.5. The first-order chi connectivity index (χ1) is 17.4. The number of esters is 2. The molecule has 4 unspecified atom stereocenters. The maximum Gasteiger partial charge on any atom is 0.504 e. The molecule has 216 valence electrons. The first-order valence-corrected chi connectivity index (χ1v) is 15.5. The van der Waals surface area contributed by atoms with Crippen molar-refractivity contribution in [1.82, 2.24) is 0 Å². The van der Waals surface area contributed by atoms with Gasteiger partial charge in [-0.3, -0.25) is 19.2 Å². The van der Waals surface area contributed by atoms with Crippen LogP contribution >= 0.6 is 0 Å². The smallest absolute Gasteiger partial charge is 0.481 e. The van der Waals surface area contributed by atoms with Crippen molar-refractivity contribution in [3.63, 3.8) is 0 Å². The van der Waals surface area contributed by atoms with Crippen molar-refractivity contribution in [2.75, 3.05) is 42.7 Å². The van der Waals surface area contributed by atoms with Gasteiger partial charge < -0.3 is 41.5 Å². The van der Waals surface area contributed by atoms with E-state index in [1.807, 2.05) is 0 Å². The number of aliphatic carboxylic acids is 2. The van der Waals surface area contributed by atoms with E-state index in [1.54, 1.807) is 13.8 Å². The summed E-state index contributed by atoms with van der Waals surface area (Å²) in [7, 11) is 1.27. The standard InChI is InChI=1S/C22H42O13Si2/c1-9-17(36(29-3,30-4)31-5)15(11-13-19(23)24)21(27)35-22(28)16(12-14-20(25)26)18(10-2)37(32-6,33-7)34-8/h15-18H,9-14H2,1-8H3,(H,23,24)(H,25,26). The molecule has 0 aromatic carbocycles. The van der Waals surface area contributed by atoms with E-state index in [9.17, 15) is 29.4 Å². The van der Waals surface area contributed by atoms with Crippen molar-refractivity contribution < 1.29 is 60.7 Å². The summed E-state index contributed by atoms with van der Waals surface area (Å²) in [6.45, 7) is 3.51. The number of carbonyl (C=O) groups is 4. The second kappa shape index (κ2) is 17.0. The van der Waals surface area contributed by atoms with Gasteiger partial charge in [0, 0.05) is 66.6 Å². The Balaban J connectivity index is 6.37. The first kappa shape index (κ1) is 35.3. The number of hydrogen-bond donors (Lipinski definition) is 2. The zero-order valence-corrected chi connectivity index (χ0v) is 24.9. The molecule has 4 atom stereocenters. The Bertz CT molecular complexity index is 664. The fraction of sp³-hybridized carbons (Fsp3) is 0.818. The molecule has 0 aromatic rings. The van der Waals surface area contributed by atoms with E-state index in [4.69, 9.17) is 31.3 Å². The minimum absolute atomic E-state index is 0.158. The summed E-state index contributed by atoms with van der Waals surface area (Å²) in [5, 5.41) is 18.5. The third kappa shape index (κ3) is 9.21. The normalized spacial score (nSPS) is 15.5. The van der Waals surface area contributed by atoms with Crippen LogP contribution in [0.4, 0.5) is 0 Å². The number of carboxylic acids is 2. The van der Waals surface area contributed by atoms with Gasteiger partial charge in [-0.2, -0.15) is 0 Å². The molecule has 2 N–H and O–H groups in total. The van der Waals surface area contributed by atoms with Gasteiger partial charge in [-0.05, 0) is 25.7 Å². The summed E-state index contributed by atoms with van der Waals surface area (Å²) in [5.74, 6) is -6.44. The number of ether oxygens (including phenoxy) is 1. The lowest BCUT2D eigenvalue weighted by Crippen LogP contribution is -2.52. The van der Waals surface area contributed by atoms with E-state index in [0.717, 1.165) is 0 Å². The Morgan fingerprint density at radius 2 is 0.865 bits per heavy atom. The van der Waals surface area contributed by atoms with Gasteiger partial charge in [-0.15, -0.1) is 0 Å². The molecule has 0 heterocycles. The lowest BCUT2D eigenvalue weighted by atomic mass is 9.95. The zero-order chi connectivity index (χ0) is 28.8. The summed E-state index contributed by atoms with van der Waals surface area (Å²) >= 11 is 0. The number of hydrogen-bond acceptors (Lipinski definition) is 11. The van der Waals surface area contributed by atoms with Crippen molar-refractivity contribution in [2.24, 2.45) is 11.8 Å². The Labute approximate surface area is 220 Å². The van der Waals surface area contributed by atoms with E-state index in [2.05, 4.69) is 0 Å². The average Bonchev–Trinajstić information content (AvgIpc) is 2.88. The summed E-state index contributed by atoms with van der Waals surface area (Å²) < 4.78 is 38.5. The van der Waals surface area contributed by atoms with Crippen LogP contribution in [0.2, 0.25) is 11.1 Å². The zero-order valence-electron chi connectivity index (χ0n) is 22.9. The topological polar surface area (TPSA) is 173 Å². The van der Waals surface area contributed by atoms with Crippen LogP contribution in [0.25, 0.3) is 0 Å². The van der Waals surface area contributed by atoms with Gasteiger partial charge in [-0.25, -0.2) is 0 Å². The van der Waals surface area contributed by atoms with E-state index in [-0.39, 0.29) is 25.7 Å². The highest BCUT2D eigenvalue weighted by molar-refractivity contribution is 6.63. The van der Waals surface area contributed by atoms with Gasteiger partial charge in [0.2, 0.25) is 0 Å². The highest BCUT2D eigenvalue weighted by Crippen LogP contribution is 2.40. The molecule has 37 heavy (non-hydrogen) atoms. The SMILES string of the molecule is CCC(C(CCC(=O)O)C(=O)OC(=O)C(CCC(=O)O)C(CC)[Si](OC)(OC)OC)[Si](OC)(OC)OC. The average molecular weight is 571 g/mol. The summed E-state index contributed by atoms with van der Waals surface area (Å²) in [6.07, 6.45) is -0.452. The maximum absolute atomic E-state index is 13.4. The van der Waals surface area contributed by atoms with Crippen molar-refractivity contribution in [2.45, 2.75) is 63.5 Å². The highest BCUT2D eigenvalue weighted by atomic mass is 28.4. The van der Waals surface area contributed by atoms with Gasteiger partial charge in [0.25, 0.3) is 0 Å². The maximum atomic E-state index is 13.4. The Hall–Kier alpha value is -1.73. The van der Waals surface area contributed by atoms with Crippen LogP contribution in [-0.4, -0.2) is 94.4 Å². The Morgan fingerprint density at radius 3 is 1.05 bits per heavy atom. The predicted octanol–water partition coefficient (Wildman–Crippen LogP) is 2.33. The van der Waals surface area contributed by atoms with Crippen LogP contribution in [0, 0.1) is 11.8 Å². The second-order valence-corrected chi connectivity index (χ2v) is 14.6. The molecule has 0 aliphatic carbocycles. The van der Waals surface area contributed by atoms with Gasteiger partial charge in [0.15, 0.2) is 0 Å². The lowest BCUT2D eigenvalue weighted by Gasteiger charge is -2.37. The van der Waals surface area contributed by atoms with Crippen LogP contribution in [-0.2, 0) is 50.5 Å². The van der Waals surface area contributed by atoms with Crippen molar-refractivity contribution in [3.8, 4) is 0 Å². The Kier molecular flexibility index (Phi) is 16.2. The second-order valence-electron chi connectivity index (χ2n) is 8.28. The van der Waals surface area contributed by atoms with Crippen molar-refractivity contribution in [1.29, 1.82) is 0 Å². The molecule has 0 saturated heterocycles. The van der Waals surface area contributed by atoms with Gasteiger partial charge in [0.1, 0.15) is 0 Å².